The van der Waals surface area contributed by atoms with Gasteiger partial charge in [0, 0.05) is 6.54 Å². The normalized spacial score (nSPS) is 12.8. The zero-order valence-corrected chi connectivity index (χ0v) is 16.1. The third-order valence-electron chi connectivity index (χ3n) is 4.54. The number of esters is 1. The van der Waals surface area contributed by atoms with Crippen LogP contribution in [-0.4, -0.2) is 41.7 Å². The third-order valence-corrected chi connectivity index (χ3v) is 4.54. The number of rotatable bonds is 9. The van der Waals surface area contributed by atoms with Gasteiger partial charge in [0.05, 0.1) is 29.5 Å². The molecule has 8 heteroatoms. The Morgan fingerprint density at radius 1 is 1.10 bits per heavy atom. The Balaban J connectivity index is 1.60. The fraction of sp³-hybridized carbons (Fsp3) is 0.333. The number of imide groups is 1. The first-order valence-electron chi connectivity index (χ1n) is 9.47. The van der Waals surface area contributed by atoms with Crippen molar-refractivity contribution >= 4 is 23.7 Å². The van der Waals surface area contributed by atoms with E-state index in [4.69, 9.17) is 9.15 Å². The molecule has 1 N–H and O–H groups in total. The number of benzene rings is 1. The predicted octanol–water partition coefficient (Wildman–Crippen LogP) is 2.54. The summed E-state index contributed by atoms with van der Waals surface area (Å²) in [7, 11) is 0. The van der Waals surface area contributed by atoms with Crippen molar-refractivity contribution in [2.24, 2.45) is 0 Å². The van der Waals surface area contributed by atoms with Gasteiger partial charge < -0.3 is 14.5 Å². The van der Waals surface area contributed by atoms with Gasteiger partial charge >= 0.3 is 5.97 Å². The SMILES string of the molecule is CCCCCNC(=O)COC(=O)c1ccc2c(c1)C(=O)N(Cc1ccco1)C2=O. The number of unbranched alkanes of at least 4 members (excludes halogenated alkanes) is 2. The van der Waals surface area contributed by atoms with Crippen LogP contribution in [0.2, 0.25) is 0 Å². The first kappa shape index (κ1) is 20.3. The summed E-state index contributed by atoms with van der Waals surface area (Å²) in [5.41, 5.74) is 0.440. The number of fused-ring (bicyclic) bond motifs is 1. The average molecular weight is 398 g/mol. The summed E-state index contributed by atoms with van der Waals surface area (Å²) in [6.45, 7) is 2.21. The molecule has 3 amide bonds. The number of amides is 3. The Bertz CT molecular complexity index is 919. The zero-order chi connectivity index (χ0) is 20.8. The molecule has 2 heterocycles. The summed E-state index contributed by atoms with van der Waals surface area (Å²) in [4.78, 5) is 50.1. The van der Waals surface area contributed by atoms with Gasteiger partial charge in [0.1, 0.15) is 5.76 Å². The number of ether oxygens (including phenoxy) is 1. The molecule has 152 valence electrons. The second-order valence-electron chi connectivity index (χ2n) is 6.67. The van der Waals surface area contributed by atoms with Crippen molar-refractivity contribution in [2.75, 3.05) is 13.2 Å². The molecule has 1 aromatic heterocycles. The van der Waals surface area contributed by atoms with Crippen molar-refractivity contribution in [3.8, 4) is 0 Å². The average Bonchev–Trinajstić information content (AvgIpc) is 3.32. The van der Waals surface area contributed by atoms with Gasteiger partial charge in [0.15, 0.2) is 6.61 Å². The van der Waals surface area contributed by atoms with Gasteiger partial charge in [-0.25, -0.2) is 4.79 Å². The van der Waals surface area contributed by atoms with Crippen LogP contribution in [-0.2, 0) is 16.1 Å². The van der Waals surface area contributed by atoms with Crippen molar-refractivity contribution in [3.05, 3.63) is 59.0 Å². The van der Waals surface area contributed by atoms with E-state index in [0.717, 1.165) is 24.2 Å². The van der Waals surface area contributed by atoms with Crippen LogP contribution in [0.1, 0.15) is 63.0 Å². The van der Waals surface area contributed by atoms with Crippen LogP contribution in [0, 0.1) is 0 Å². The minimum atomic E-state index is -0.735. The van der Waals surface area contributed by atoms with E-state index in [1.807, 2.05) is 0 Å². The van der Waals surface area contributed by atoms with Crippen LogP contribution >= 0.6 is 0 Å². The van der Waals surface area contributed by atoms with E-state index < -0.39 is 24.4 Å². The molecule has 0 saturated carbocycles. The number of hydrogen-bond acceptors (Lipinski definition) is 6. The lowest BCUT2D eigenvalue weighted by Crippen LogP contribution is -2.29. The van der Waals surface area contributed by atoms with E-state index in [-0.39, 0.29) is 29.1 Å². The van der Waals surface area contributed by atoms with Crippen LogP contribution in [0.15, 0.2) is 41.0 Å². The van der Waals surface area contributed by atoms with Gasteiger partial charge in [0.2, 0.25) is 0 Å². The molecular formula is C21H22N2O6. The summed E-state index contributed by atoms with van der Waals surface area (Å²) in [5, 5.41) is 2.68. The van der Waals surface area contributed by atoms with Crippen molar-refractivity contribution in [1.29, 1.82) is 0 Å². The Kier molecular flexibility index (Phi) is 6.43. The smallest absolute Gasteiger partial charge is 0.338 e. The monoisotopic (exact) mass is 398 g/mol. The van der Waals surface area contributed by atoms with Crippen molar-refractivity contribution in [1.82, 2.24) is 10.2 Å². The highest BCUT2D eigenvalue weighted by molar-refractivity contribution is 6.21. The van der Waals surface area contributed by atoms with Crippen LogP contribution in [0.3, 0.4) is 0 Å². The first-order valence-corrected chi connectivity index (χ1v) is 9.47. The number of nitrogens with one attached hydrogen (secondary N) is 1. The molecule has 2 aromatic rings. The minimum absolute atomic E-state index is 0.0112. The van der Waals surface area contributed by atoms with Gasteiger partial charge in [0.25, 0.3) is 17.7 Å². The van der Waals surface area contributed by atoms with Gasteiger partial charge in [-0.15, -0.1) is 0 Å². The summed E-state index contributed by atoms with van der Waals surface area (Å²) in [5.74, 6) is -1.60. The molecule has 0 fully saturated rings. The van der Waals surface area contributed by atoms with Crippen LogP contribution in [0.4, 0.5) is 0 Å². The molecule has 0 aliphatic carbocycles. The summed E-state index contributed by atoms with van der Waals surface area (Å²) in [6, 6.07) is 7.47. The molecule has 1 aromatic carbocycles. The number of furan rings is 1. The largest absolute Gasteiger partial charge is 0.467 e. The standard InChI is InChI=1S/C21H22N2O6/c1-2-3-4-9-22-18(24)13-29-21(27)14-7-8-16-17(11-14)20(26)23(19(16)25)12-15-6-5-10-28-15/h5-8,10-11H,2-4,9,12-13H2,1H3,(H,22,24). The van der Waals surface area contributed by atoms with Crippen molar-refractivity contribution in [3.63, 3.8) is 0 Å². The molecular weight excluding hydrogens is 376 g/mol. The molecule has 0 radical (unpaired) electrons. The van der Waals surface area contributed by atoms with Gasteiger partial charge in [-0.2, -0.15) is 0 Å². The highest BCUT2D eigenvalue weighted by Gasteiger charge is 2.36. The van der Waals surface area contributed by atoms with Crippen molar-refractivity contribution in [2.45, 2.75) is 32.7 Å². The highest BCUT2D eigenvalue weighted by Crippen LogP contribution is 2.26. The number of nitrogens with zero attached hydrogens (tertiary/aromatic N) is 1. The van der Waals surface area contributed by atoms with Gasteiger partial charge in [-0.1, -0.05) is 19.8 Å². The lowest BCUT2D eigenvalue weighted by atomic mass is 10.1. The van der Waals surface area contributed by atoms with E-state index in [1.54, 1.807) is 12.1 Å². The Morgan fingerprint density at radius 3 is 2.62 bits per heavy atom. The van der Waals surface area contributed by atoms with Crippen LogP contribution in [0.25, 0.3) is 0 Å². The topological polar surface area (TPSA) is 106 Å². The molecule has 0 atom stereocenters. The molecule has 0 unspecified atom stereocenters. The van der Waals surface area contributed by atoms with Crippen molar-refractivity contribution < 1.29 is 28.3 Å². The molecule has 8 nitrogen and oxygen atoms in total. The Morgan fingerprint density at radius 2 is 1.90 bits per heavy atom. The van der Waals surface area contributed by atoms with Gasteiger partial charge in [-0.3, -0.25) is 19.3 Å². The molecule has 29 heavy (non-hydrogen) atoms. The molecule has 0 spiro atoms. The summed E-state index contributed by atoms with van der Waals surface area (Å²) >= 11 is 0. The molecule has 3 rings (SSSR count). The van der Waals surface area contributed by atoms with E-state index >= 15 is 0 Å². The fourth-order valence-corrected chi connectivity index (χ4v) is 2.99. The minimum Gasteiger partial charge on any atom is -0.467 e. The van der Waals surface area contributed by atoms with E-state index in [0.29, 0.717) is 12.3 Å². The summed E-state index contributed by atoms with van der Waals surface area (Å²) < 4.78 is 10.2. The maximum atomic E-state index is 12.6. The van der Waals surface area contributed by atoms with E-state index in [9.17, 15) is 19.2 Å². The fourth-order valence-electron chi connectivity index (χ4n) is 2.99. The van der Waals surface area contributed by atoms with Crippen LogP contribution < -0.4 is 5.32 Å². The third kappa shape index (κ3) is 4.71. The maximum absolute atomic E-state index is 12.6. The quantitative estimate of drug-likeness (QED) is 0.395. The summed E-state index contributed by atoms with van der Waals surface area (Å²) in [6.07, 6.45) is 4.38. The second kappa shape index (κ2) is 9.18. The molecule has 0 bridgehead atoms. The lowest BCUT2D eigenvalue weighted by Gasteiger charge is -2.11. The number of hydrogen-bond donors (Lipinski definition) is 1. The number of carbonyl (C=O) groups excluding carboxylic acids is 4. The van der Waals surface area contributed by atoms with Crippen LogP contribution in [0.5, 0.6) is 0 Å². The lowest BCUT2D eigenvalue weighted by molar-refractivity contribution is -0.124. The molecule has 1 aliphatic rings. The van der Waals surface area contributed by atoms with E-state index in [1.165, 1.54) is 24.5 Å². The maximum Gasteiger partial charge on any atom is 0.338 e. The Hall–Kier alpha value is -3.42. The molecule has 0 saturated heterocycles. The van der Waals surface area contributed by atoms with Gasteiger partial charge in [-0.05, 0) is 36.8 Å². The molecule has 1 aliphatic heterocycles. The second-order valence-corrected chi connectivity index (χ2v) is 6.67. The highest BCUT2D eigenvalue weighted by atomic mass is 16.5. The number of carbonyl (C=O) groups is 4. The zero-order valence-electron chi connectivity index (χ0n) is 16.1. The Labute approximate surface area is 167 Å². The first-order chi connectivity index (χ1) is 14.0. The van der Waals surface area contributed by atoms with E-state index in [2.05, 4.69) is 12.2 Å². The predicted molar refractivity (Wildman–Crippen MR) is 102 cm³/mol.